The van der Waals surface area contributed by atoms with Crippen LogP contribution < -0.4 is 10.6 Å². The summed E-state index contributed by atoms with van der Waals surface area (Å²) >= 11 is 0. The quantitative estimate of drug-likeness (QED) is 0.737. The molecule has 3 N–H and O–H groups in total. The molecule has 0 spiro atoms. The number of benzene rings is 1. The number of carbonyl (C=O) groups is 3. The van der Waals surface area contributed by atoms with E-state index >= 15 is 0 Å². The maximum absolute atomic E-state index is 12.6. The molecular weight excluding hydrogens is 346 g/mol. The first-order valence-electron chi connectivity index (χ1n) is 9.35. The SMILES string of the molecule is Cc1cc(C(=O)NCC(C)C)ccc1NC(=O)N1CC(C)CC(C(=O)O)C1. The van der Waals surface area contributed by atoms with Crippen LogP contribution in [0.5, 0.6) is 0 Å². The average Bonchev–Trinajstić information content (AvgIpc) is 2.60. The lowest BCUT2D eigenvalue weighted by atomic mass is 9.91. The molecule has 1 aliphatic rings. The largest absolute Gasteiger partial charge is 0.481 e. The summed E-state index contributed by atoms with van der Waals surface area (Å²) in [5, 5.41) is 15.0. The Kier molecular flexibility index (Phi) is 6.82. The van der Waals surface area contributed by atoms with E-state index in [1.54, 1.807) is 23.1 Å². The van der Waals surface area contributed by atoms with Crippen LogP contribution in [-0.2, 0) is 4.79 Å². The molecule has 1 heterocycles. The number of carboxylic acid groups (broad SMARTS) is 1. The van der Waals surface area contributed by atoms with Gasteiger partial charge in [0.25, 0.3) is 5.91 Å². The van der Waals surface area contributed by atoms with Gasteiger partial charge in [-0.2, -0.15) is 0 Å². The molecule has 1 fully saturated rings. The molecule has 0 bridgehead atoms. The molecule has 2 unspecified atom stereocenters. The summed E-state index contributed by atoms with van der Waals surface area (Å²) in [5.41, 5.74) is 1.94. The van der Waals surface area contributed by atoms with Crippen molar-refractivity contribution < 1.29 is 19.5 Å². The van der Waals surface area contributed by atoms with Crippen molar-refractivity contribution in [2.24, 2.45) is 17.8 Å². The van der Waals surface area contributed by atoms with E-state index in [4.69, 9.17) is 0 Å². The number of anilines is 1. The molecule has 2 atom stereocenters. The first kappa shape index (κ1) is 20.7. The normalized spacial score (nSPS) is 19.7. The van der Waals surface area contributed by atoms with Crippen molar-refractivity contribution in [3.63, 3.8) is 0 Å². The van der Waals surface area contributed by atoms with E-state index in [9.17, 15) is 19.5 Å². The number of nitrogens with zero attached hydrogens (tertiary/aromatic N) is 1. The Morgan fingerprint density at radius 2 is 1.96 bits per heavy atom. The summed E-state index contributed by atoms with van der Waals surface area (Å²) in [6, 6.07) is 4.81. The van der Waals surface area contributed by atoms with Crippen LogP contribution in [0.2, 0.25) is 0 Å². The van der Waals surface area contributed by atoms with Gasteiger partial charge in [0, 0.05) is 30.9 Å². The van der Waals surface area contributed by atoms with Crippen LogP contribution in [0.4, 0.5) is 10.5 Å². The van der Waals surface area contributed by atoms with E-state index in [0.717, 1.165) is 5.56 Å². The number of hydrogen-bond donors (Lipinski definition) is 3. The van der Waals surface area contributed by atoms with Crippen molar-refractivity contribution in [3.8, 4) is 0 Å². The van der Waals surface area contributed by atoms with Crippen LogP contribution in [0.3, 0.4) is 0 Å². The van der Waals surface area contributed by atoms with Gasteiger partial charge in [0.05, 0.1) is 5.92 Å². The number of piperidine rings is 1. The summed E-state index contributed by atoms with van der Waals surface area (Å²) in [6.07, 6.45) is 0.582. The van der Waals surface area contributed by atoms with Crippen molar-refractivity contribution in [1.82, 2.24) is 10.2 Å². The van der Waals surface area contributed by atoms with Gasteiger partial charge in [-0.1, -0.05) is 20.8 Å². The van der Waals surface area contributed by atoms with Crippen LogP contribution in [0.15, 0.2) is 18.2 Å². The van der Waals surface area contributed by atoms with Gasteiger partial charge in [0.2, 0.25) is 0 Å². The lowest BCUT2D eigenvalue weighted by Gasteiger charge is -2.34. The molecule has 0 aromatic heterocycles. The zero-order valence-corrected chi connectivity index (χ0v) is 16.4. The molecule has 1 aromatic carbocycles. The third kappa shape index (κ3) is 5.70. The standard InChI is InChI=1S/C20H29N3O4/c1-12(2)9-21-18(24)15-5-6-17(14(4)8-15)22-20(27)23-10-13(3)7-16(11-23)19(25)26/h5-6,8,12-13,16H,7,9-11H2,1-4H3,(H,21,24)(H,22,27)(H,25,26). The number of carbonyl (C=O) groups excluding carboxylic acids is 2. The van der Waals surface area contributed by atoms with Crippen molar-refractivity contribution in [1.29, 1.82) is 0 Å². The van der Waals surface area contributed by atoms with Crippen LogP contribution in [0.1, 0.15) is 43.1 Å². The fourth-order valence-electron chi connectivity index (χ4n) is 3.23. The smallest absolute Gasteiger partial charge is 0.321 e. The zero-order chi connectivity index (χ0) is 20.1. The molecule has 0 aliphatic carbocycles. The number of aryl methyl sites for hydroxylation is 1. The minimum Gasteiger partial charge on any atom is -0.481 e. The molecule has 0 saturated carbocycles. The van der Waals surface area contributed by atoms with Gasteiger partial charge in [-0.3, -0.25) is 9.59 Å². The number of carboxylic acids is 1. The highest BCUT2D eigenvalue weighted by molar-refractivity contribution is 5.96. The van der Waals surface area contributed by atoms with Gasteiger partial charge in [-0.25, -0.2) is 4.79 Å². The number of amides is 3. The molecular formula is C20H29N3O4. The van der Waals surface area contributed by atoms with E-state index in [-0.39, 0.29) is 24.4 Å². The summed E-state index contributed by atoms with van der Waals surface area (Å²) in [5.74, 6) is -1.03. The zero-order valence-electron chi connectivity index (χ0n) is 16.4. The molecule has 1 aliphatic heterocycles. The second-order valence-electron chi connectivity index (χ2n) is 7.84. The first-order chi connectivity index (χ1) is 12.7. The average molecular weight is 375 g/mol. The first-order valence-corrected chi connectivity index (χ1v) is 9.35. The molecule has 2 rings (SSSR count). The molecule has 1 aromatic rings. The van der Waals surface area contributed by atoms with Crippen molar-refractivity contribution in [2.45, 2.75) is 34.1 Å². The predicted octanol–water partition coefficient (Wildman–Crippen LogP) is 2.96. The van der Waals surface area contributed by atoms with Gasteiger partial charge in [0.15, 0.2) is 0 Å². The summed E-state index contributed by atoms with van der Waals surface area (Å²) in [7, 11) is 0. The van der Waals surface area contributed by atoms with Crippen LogP contribution >= 0.6 is 0 Å². The summed E-state index contributed by atoms with van der Waals surface area (Å²) in [4.78, 5) is 37.6. The fraction of sp³-hybridized carbons (Fsp3) is 0.550. The molecule has 148 valence electrons. The van der Waals surface area contributed by atoms with E-state index in [2.05, 4.69) is 10.6 Å². The third-order valence-corrected chi connectivity index (χ3v) is 4.70. The second kappa shape index (κ2) is 8.88. The molecule has 1 saturated heterocycles. The molecule has 7 heteroatoms. The highest BCUT2D eigenvalue weighted by Crippen LogP contribution is 2.23. The maximum Gasteiger partial charge on any atom is 0.321 e. The highest BCUT2D eigenvalue weighted by atomic mass is 16.4. The number of nitrogens with one attached hydrogen (secondary N) is 2. The Morgan fingerprint density at radius 1 is 1.26 bits per heavy atom. The number of urea groups is 1. The Hall–Kier alpha value is -2.57. The van der Waals surface area contributed by atoms with Gasteiger partial charge in [0.1, 0.15) is 0 Å². The predicted molar refractivity (Wildman–Crippen MR) is 104 cm³/mol. The number of aliphatic carboxylic acids is 1. The molecule has 7 nitrogen and oxygen atoms in total. The van der Waals surface area contributed by atoms with Gasteiger partial charge in [-0.15, -0.1) is 0 Å². The van der Waals surface area contributed by atoms with E-state index < -0.39 is 11.9 Å². The van der Waals surface area contributed by atoms with Crippen LogP contribution in [-0.4, -0.2) is 47.5 Å². The fourth-order valence-corrected chi connectivity index (χ4v) is 3.23. The van der Waals surface area contributed by atoms with Crippen LogP contribution in [0, 0.1) is 24.7 Å². The molecule has 27 heavy (non-hydrogen) atoms. The minimum absolute atomic E-state index is 0.138. The number of likely N-dealkylation sites (tertiary alicyclic amines) is 1. The van der Waals surface area contributed by atoms with Crippen molar-refractivity contribution in [3.05, 3.63) is 29.3 Å². The minimum atomic E-state index is -0.868. The summed E-state index contributed by atoms with van der Waals surface area (Å²) in [6.45, 7) is 9.18. The summed E-state index contributed by atoms with van der Waals surface area (Å²) < 4.78 is 0. The van der Waals surface area contributed by atoms with Crippen molar-refractivity contribution in [2.75, 3.05) is 25.0 Å². The van der Waals surface area contributed by atoms with E-state index in [1.807, 2.05) is 27.7 Å². The Morgan fingerprint density at radius 3 is 2.56 bits per heavy atom. The van der Waals surface area contributed by atoms with E-state index in [1.165, 1.54) is 0 Å². The topological polar surface area (TPSA) is 98.7 Å². The lowest BCUT2D eigenvalue weighted by molar-refractivity contribution is -0.143. The molecule has 0 radical (unpaired) electrons. The monoisotopic (exact) mass is 375 g/mol. The molecule has 3 amide bonds. The maximum atomic E-state index is 12.6. The Balaban J connectivity index is 2.03. The Labute approximate surface area is 160 Å². The number of rotatable bonds is 5. The van der Waals surface area contributed by atoms with Gasteiger partial charge < -0.3 is 20.6 Å². The van der Waals surface area contributed by atoms with Gasteiger partial charge >= 0.3 is 12.0 Å². The van der Waals surface area contributed by atoms with Crippen molar-refractivity contribution >= 4 is 23.6 Å². The van der Waals surface area contributed by atoms with E-state index in [0.29, 0.717) is 36.7 Å². The lowest BCUT2D eigenvalue weighted by Crippen LogP contribution is -2.47. The number of hydrogen-bond acceptors (Lipinski definition) is 3. The van der Waals surface area contributed by atoms with Crippen LogP contribution in [0.25, 0.3) is 0 Å². The third-order valence-electron chi connectivity index (χ3n) is 4.70. The van der Waals surface area contributed by atoms with Gasteiger partial charge in [-0.05, 0) is 48.9 Å². The second-order valence-corrected chi connectivity index (χ2v) is 7.84. The Bertz CT molecular complexity index is 717. The highest BCUT2D eigenvalue weighted by Gasteiger charge is 2.32.